The summed E-state index contributed by atoms with van der Waals surface area (Å²) in [6.07, 6.45) is 2.43. The Morgan fingerprint density at radius 2 is 1.80 bits per heavy atom. The molecule has 5 nitrogen and oxygen atoms in total. The van der Waals surface area contributed by atoms with E-state index in [9.17, 15) is 13.2 Å². The third-order valence-electron chi connectivity index (χ3n) is 3.09. The number of benzene rings is 1. The van der Waals surface area contributed by atoms with Gasteiger partial charge >= 0.3 is 0 Å². The molecule has 1 heterocycles. The van der Waals surface area contributed by atoms with Gasteiger partial charge in [-0.3, -0.25) is 4.79 Å². The smallest absolute Gasteiger partial charge is 0.240 e. The summed E-state index contributed by atoms with van der Waals surface area (Å²) in [4.78, 5) is 10.8. The molecule has 0 spiro atoms. The van der Waals surface area contributed by atoms with E-state index in [0.717, 1.165) is 18.4 Å². The summed E-state index contributed by atoms with van der Waals surface area (Å²) >= 11 is 0. The predicted octanol–water partition coefficient (Wildman–Crippen LogP) is 2.20. The minimum atomic E-state index is -3.43. The van der Waals surface area contributed by atoms with Crippen molar-refractivity contribution in [2.75, 3.05) is 0 Å². The van der Waals surface area contributed by atoms with Crippen LogP contribution in [0.3, 0.4) is 0 Å². The Labute approximate surface area is 116 Å². The van der Waals surface area contributed by atoms with E-state index in [1.165, 1.54) is 12.1 Å². The number of nitrogens with one attached hydrogen (secondary N) is 1. The number of carbonyl (C=O) groups is 1. The summed E-state index contributed by atoms with van der Waals surface area (Å²) < 4.78 is 31.9. The third kappa shape index (κ3) is 2.66. The highest BCUT2D eigenvalue weighted by molar-refractivity contribution is 7.89. The van der Waals surface area contributed by atoms with Crippen LogP contribution in [0.25, 0.3) is 11.3 Å². The number of aldehydes is 1. The molecule has 0 unspecified atom stereocenters. The zero-order valence-electron chi connectivity index (χ0n) is 10.6. The van der Waals surface area contributed by atoms with Crippen LogP contribution >= 0.6 is 0 Å². The van der Waals surface area contributed by atoms with Gasteiger partial charge in [-0.15, -0.1) is 0 Å². The minimum Gasteiger partial charge on any atom is -0.453 e. The van der Waals surface area contributed by atoms with Crippen molar-refractivity contribution >= 4 is 16.3 Å². The fourth-order valence-electron chi connectivity index (χ4n) is 1.86. The molecule has 20 heavy (non-hydrogen) atoms. The molecule has 3 rings (SSSR count). The van der Waals surface area contributed by atoms with E-state index in [0.29, 0.717) is 12.0 Å². The van der Waals surface area contributed by atoms with Gasteiger partial charge in [-0.05, 0) is 49.2 Å². The quantitative estimate of drug-likeness (QED) is 0.857. The third-order valence-corrected chi connectivity index (χ3v) is 4.63. The monoisotopic (exact) mass is 291 g/mol. The van der Waals surface area contributed by atoms with E-state index in [-0.39, 0.29) is 16.7 Å². The summed E-state index contributed by atoms with van der Waals surface area (Å²) in [5, 5.41) is 0. The second-order valence-electron chi connectivity index (χ2n) is 4.74. The van der Waals surface area contributed by atoms with Crippen molar-refractivity contribution in [2.24, 2.45) is 0 Å². The molecule has 104 valence electrons. The number of rotatable bonds is 5. The highest BCUT2D eigenvalue weighted by atomic mass is 32.2. The highest BCUT2D eigenvalue weighted by Crippen LogP contribution is 2.25. The van der Waals surface area contributed by atoms with Crippen LogP contribution in [0.15, 0.2) is 45.7 Å². The molecule has 1 aliphatic carbocycles. The van der Waals surface area contributed by atoms with E-state index in [2.05, 4.69) is 4.72 Å². The van der Waals surface area contributed by atoms with Gasteiger partial charge in [0.1, 0.15) is 5.76 Å². The van der Waals surface area contributed by atoms with Crippen molar-refractivity contribution in [3.05, 3.63) is 42.2 Å². The molecule has 0 atom stereocenters. The van der Waals surface area contributed by atoms with E-state index >= 15 is 0 Å². The zero-order valence-corrected chi connectivity index (χ0v) is 11.4. The molecule has 0 bridgehead atoms. The number of hydrogen-bond donors (Lipinski definition) is 1. The molecule has 6 heteroatoms. The topological polar surface area (TPSA) is 76.4 Å². The maximum Gasteiger partial charge on any atom is 0.240 e. The molecule has 1 aliphatic rings. The van der Waals surface area contributed by atoms with Crippen LogP contribution in [0.2, 0.25) is 0 Å². The predicted molar refractivity (Wildman–Crippen MR) is 72.9 cm³/mol. The Morgan fingerprint density at radius 3 is 2.35 bits per heavy atom. The Balaban J connectivity index is 1.85. The Kier molecular flexibility index (Phi) is 3.19. The van der Waals surface area contributed by atoms with Gasteiger partial charge in [-0.25, -0.2) is 13.1 Å². The molecule has 0 amide bonds. The van der Waals surface area contributed by atoms with Gasteiger partial charge in [0.05, 0.1) is 4.90 Å². The normalized spacial score (nSPS) is 15.2. The van der Waals surface area contributed by atoms with Crippen LogP contribution < -0.4 is 4.72 Å². The van der Waals surface area contributed by atoms with E-state index in [1.54, 1.807) is 24.3 Å². The average Bonchev–Trinajstić information content (AvgIpc) is 3.11. The van der Waals surface area contributed by atoms with Crippen LogP contribution in [0, 0.1) is 0 Å². The van der Waals surface area contributed by atoms with Gasteiger partial charge in [0.25, 0.3) is 0 Å². The lowest BCUT2D eigenvalue weighted by Gasteiger charge is -2.05. The van der Waals surface area contributed by atoms with Gasteiger partial charge in [0.2, 0.25) is 10.0 Å². The number of hydrogen-bond acceptors (Lipinski definition) is 4. The maximum absolute atomic E-state index is 12.0. The fourth-order valence-corrected chi connectivity index (χ4v) is 3.16. The Hall–Kier alpha value is -1.92. The van der Waals surface area contributed by atoms with Crippen molar-refractivity contribution in [3.8, 4) is 11.3 Å². The SMILES string of the molecule is O=Cc1ccc(-c2ccc(S(=O)(=O)NC3CC3)cc2)o1. The molecule has 0 radical (unpaired) electrons. The van der Waals surface area contributed by atoms with Crippen LogP contribution in [0.4, 0.5) is 0 Å². The Bertz CT molecular complexity index is 727. The summed E-state index contributed by atoms with van der Waals surface area (Å²) in [5.74, 6) is 0.776. The number of furan rings is 1. The van der Waals surface area contributed by atoms with Crippen molar-refractivity contribution in [1.82, 2.24) is 4.72 Å². The minimum absolute atomic E-state index is 0.0832. The van der Waals surface area contributed by atoms with E-state index in [1.807, 2.05) is 0 Å². The van der Waals surface area contributed by atoms with Crippen LogP contribution in [-0.4, -0.2) is 20.7 Å². The second-order valence-corrected chi connectivity index (χ2v) is 6.45. The van der Waals surface area contributed by atoms with Crippen LogP contribution in [0.1, 0.15) is 23.4 Å². The molecule has 0 saturated heterocycles. The number of carbonyl (C=O) groups excluding carboxylic acids is 1. The second kappa shape index (κ2) is 4.88. The molecular formula is C14H13NO4S. The first-order chi connectivity index (χ1) is 9.58. The van der Waals surface area contributed by atoms with Gasteiger partial charge in [-0.1, -0.05) is 0 Å². The maximum atomic E-state index is 12.0. The molecule has 1 aromatic carbocycles. The van der Waals surface area contributed by atoms with Gasteiger partial charge in [0, 0.05) is 11.6 Å². The lowest BCUT2D eigenvalue weighted by Crippen LogP contribution is -2.25. The zero-order chi connectivity index (χ0) is 14.2. The summed E-state index contributed by atoms with van der Waals surface area (Å²) in [6, 6.07) is 9.72. The van der Waals surface area contributed by atoms with Crippen molar-refractivity contribution < 1.29 is 17.6 Å². The molecule has 0 aliphatic heterocycles. The highest BCUT2D eigenvalue weighted by Gasteiger charge is 2.27. The van der Waals surface area contributed by atoms with Crippen molar-refractivity contribution in [3.63, 3.8) is 0 Å². The van der Waals surface area contributed by atoms with E-state index < -0.39 is 10.0 Å². The molecule has 1 N–H and O–H groups in total. The number of sulfonamides is 1. The Morgan fingerprint density at radius 1 is 1.10 bits per heavy atom. The molecular weight excluding hydrogens is 278 g/mol. The van der Waals surface area contributed by atoms with Gasteiger partial charge < -0.3 is 4.42 Å². The molecule has 1 aromatic heterocycles. The standard InChI is InChI=1S/C14H13NO4S/c16-9-12-5-8-14(19-12)10-1-6-13(7-2-10)20(17,18)15-11-3-4-11/h1-2,5-9,11,15H,3-4H2. The first-order valence-corrected chi connectivity index (χ1v) is 7.74. The average molecular weight is 291 g/mol. The summed E-state index contributed by atoms with van der Waals surface area (Å²) in [5.41, 5.74) is 0.725. The molecule has 1 saturated carbocycles. The largest absolute Gasteiger partial charge is 0.453 e. The molecule has 1 fully saturated rings. The summed E-state index contributed by atoms with van der Waals surface area (Å²) in [7, 11) is -3.43. The van der Waals surface area contributed by atoms with Crippen LogP contribution in [0.5, 0.6) is 0 Å². The van der Waals surface area contributed by atoms with E-state index in [4.69, 9.17) is 4.42 Å². The fraction of sp³-hybridized carbons (Fsp3) is 0.214. The summed E-state index contributed by atoms with van der Waals surface area (Å²) in [6.45, 7) is 0. The lowest BCUT2D eigenvalue weighted by atomic mass is 10.2. The first-order valence-electron chi connectivity index (χ1n) is 6.26. The molecule has 2 aromatic rings. The lowest BCUT2D eigenvalue weighted by molar-refractivity contribution is 0.110. The van der Waals surface area contributed by atoms with Crippen molar-refractivity contribution in [2.45, 2.75) is 23.8 Å². The van der Waals surface area contributed by atoms with Gasteiger partial charge in [0.15, 0.2) is 12.0 Å². The van der Waals surface area contributed by atoms with Crippen LogP contribution in [-0.2, 0) is 10.0 Å². The van der Waals surface area contributed by atoms with Crippen molar-refractivity contribution in [1.29, 1.82) is 0 Å². The first kappa shape index (κ1) is 13.1. The van der Waals surface area contributed by atoms with Gasteiger partial charge in [-0.2, -0.15) is 0 Å².